The summed E-state index contributed by atoms with van der Waals surface area (Å²) in [6.45, 7) is 7.98. The minimum atomic E-state index is 0.0182. The lowest BCUT2D eigenvalue weighted by atomic mass is 9.92. The molecule has 1 saturated carbocycles. The summed E-state index contributed by atoms with van der Waals surface area (Å²) < 4.78 is 1.92. The molecular formula is C12H18N2O. The number of nitrogens with zero attached hydrogens (tertiary/aromatic N) is 2. The van der Waals surface area contributed by atoms with Gasteiger partial charge in [-0.05, 0) is 18.9 Å². The third-order valence-electron chi connectivity index (χ3n) is 2.76. The monoisotopic (exact) mass is 206 g/mol. The van der Waals surface area contributed by atoms with Crippen molar-refractivity contribution in [3.8, 4) is 0 Å². The van der Waals surface area contributed by atoms with Gasteiger partial charge in [0.1, 0.15) is 5.69 Å². The largest absolute Gasteiger partial charge is 0.293 e. The van der Waals surface area contributed by atoms with Gasteiger partial charge in [0.05, 0.1) is 11.7 Å². The smallest absolute Gasteiger partial charge is 0.177 e. The summed E-state index contributed by atoms with van der Waals surface area (Å²) in [4.78, 5) is 11.5. The van der Waals surface area contributed by atoms with Gasteiger partial charge in [-0.3, -0.25) is 9.48 Å². The summed E-state index contributed by atoms with van der Waals surface area (Å²) in [6, 6.07) is 2.42. The van der Waals surface area contributed by atoms with Gasteiger partial charge in [-0.15, -0.1) is 0 Å². The summed E-state index contributed by atoms with van der Waals surface area (Å²) in [6.07, 6.45) is 2.32. The van der Waals surface area contributed by atoms with E-state index in [-0.39, 0.29) is 11.2 Å². The van der Waals surface area contributed by atoms with Crippen LogP contribution < -0.4 is 0 Å². The van der Waals surface area contributed by atoms with Gasteiger partial charge in [0, 0.05) is 12.3 Å². The van der Waals surface area contributed by atoms with Crippen molar-refractivity contribution < 1.29 is 4.79 Å². The minimum absolute atomic E-state index is 0.0182. The van der Waals surface area contributed by atoms with E-state index in [1.54, 1.807) is 6.92 Å². The van der Waals surface area contributed by atoms with E-state index in [2.05, 4.69) is 25.9 Å². The number of Topliss-reactive ketones (excluding diaryl/α,β-unsaturated/α-hetero) is 1. The van der Waals surface area contributed by atoms with Crippen LogP contribution in [0, 0.1) is 0 Å². The van der Waals surface area contributed by atoms with Crippen LogP contribution in [0.4, 0.5) is 0 Å². The fraction of sp³-hybridized carbons (Fsp3) is 0.667. The normalized spacial score (nSPS) is 16.8. The number of ketones is 1. The molecule has 1 aliphatic carbocycles. The molecule has 0 saturated heterocycles. The van der Waals surface area contributed by atoms with Gasteiger partial charge in [0.2, 0.25) is 0 Å². The average molecular weight is 206 g/mol. The van der Waals surface area contributed by atoms with Gasteiger partial charge in [-0.1, -0.05) is 20.8 Å². The second-order valence-electron chi connectivity index (χ2n) is 5.40. The average Bonchev–Trinajstić information content (AvgIpc) is 2.81. The Bertz CT molecular complexity index is 394. The Morgan fingerprint density at radius 1 is 1.47 bits per heavy atom. The Morgan fingerprint density at radius 3 is 2.47 bits per heavy atom. The number of aromatic nitrogens is 2. The van der Waals surface area contributed by atoms with Crippen LogP contribution in [0.1, 0.15) is 62.8 Å². The standard InChI is InChI=1S/C12H18N2O/c1-8(15)10-7-11(12(2,3)4)13-14(10)9-5-6-9/h7,9H,5-6H2,1-4H3. The van der Waals surface area contributed by atoms with E-state index in [0.29, 0.717) is 6.04 Å². The van der Waals surface area contributed by atoms with E-state index in [1.807, 2.05) is 10.7 Å². The van der Waals surface area contributed by atoms with Crippen LogP contribution in [0.5, 0.6) is 0 Å². The van der Waals surface area contributed by atoms with Gasteiger partial charge in [-0.2, -0.15) is 5.10 Å². The number of hydrogen-bond donors (Lipinski definition) is 0. The van der Waals surface area contributed by atoms with Crippen LogP contribution >= 0.6 is 0 Å². The molecule has 0 spiro atoms. The van der Waals surface area contributed by atoms with E-state index in [9.17, 15) is 4.79 Å². The molecule has 0 N–H and O–H groups in total. The molecule has 0 aliphatic heterocycles. The third-order valence-corrected chi connectivity index (χ3v) is 2.76. The molecule has 2 rings (SSSR count). The minimum Gasteiger partial charge on any atom is -0.293 e. The van der Waals surface area contributed by atoms with Crippen LogP contribution in [-0.4, -0.2) is 15.6 Å². The summed E-state index contributed by atoms with van der Waals surface area (Å²) in [5.74, 6) is 0.116. The Kier molecular flexibility index (Phi) is 2.21. The molecule has 82 valence electrons. The lowest BCUT2D eigenvalue weighted by molar-refractivity contribution is 0.100. The first-order chi connectivity index (χ1) is 6.89. The summed E-state index contributed by atoms with van der Waals surface area (Å²) in [5.41, 5.74) is 1.80. The molecule has 1 aliphatic rings. The fourth-order valence-electron chi connectivity index (χ4n) is 1.62. The van der Waals surface area contributed by atoms with Crippen LogP contribution in [0.3, 0.4) is 0 Å². The van der Waals surface area contributed by atoms with E-state index in [4.69, 9.17) is 0 Å². The zero-order valence-electron chi connectivity index (χ0n) is 9.87. The maximum Gasteiger partial charge on any atom is 0.177 e. The predicted octanol–water partition coefficient (Wildman–Crippen LogP) is 2.72. The molecule has 0 unspecified atom stereocenters. The van der Waals surface area contributed by atoms with Crippen molar-refractivity contribution in [2.45, 2.75) is 52.0 Å². The summed E-state index contributed by atoms with van der Waals surface area (Å²) >= 11 is 0. The van der Waals surface area contributed by atoms with Crippen LogP contribution in [-0.2, 0) is 5.41 Å². The molecule has 0 amide bonds. The van der Waals surface area contributed by atoms with Crippen molar-refractivity contribution in [3.63, 3.8) is 0 Å². The van der Waals surface area contributed by atoms with Crippen LogP contribution in [0.2, 0.25) is 0 Å². The van der Waals surface area contributed by atoms with E-state index < -0.39 is 0 Å². The molecule has 3 heteroatoms. The van der Waals surface area contributed by atoms with Gasteiger partial charge < -0.3 is 0 Å². The lowest BCUT2D eigenvalue weighted by Gasteiger charge is -2.14. The highest BCUT2D eigenvalue weighted by Gasteiger charge is 2.30. The summed E-state index contributed by atoms with van der Waals surface area (Å²) in [5, 5.41) is 4.56. The SMILES string of the molecule is CC(=O)c1cc(C(C)(C)C)nn1C1CC1. The molecule has 0 atom stereocenters. The zero-order chi connectivity index (χ0) is 11.2. The quantitative estimate of drug-likeness (QED) is 0.697. The number of rotatable bonds is 2. The molecule has 3 nitrogen and oxygen atoms in total. The fourth-order valence-corrected chi connectivity index (χ4v) is 1.62. The first-order valence-corrected chi connectivity index (χ1v) is 5.50. The molecule has 1 aromatic rings. The number of carbonyl (C=O) groups is 1. The van der Waals surface area contributed by atoms with Gasteiger partial charge >= 0.3 is 0 Å². The third kappa shape index (κ3) is 1.96. The second kappa shape index (κ2) is 3.19. The molecule has 1 aromatic heterocycles. The van der Waals surface area contributed by atoms with E-state index >= 15 is 0 Å². The lowest BCUT2D eigenvalue weighted by Crippen LogP contribution is -2.12. The summed E-state index contributed by atoms with van der Waals surface area (Å²) in [7, 11) is 0. The molecule has 0 bridgehead atoms. The van der Waals surface area contributed by atoms with Crippen molar-refractivity contribution in [2.75, 3.05) is 0 Å². The van der Waals surface area contributed by atoms with Gasteiger partial charge in [0.25, 0.3) is 0 Å². The Hall–Kier alpha value is -1.12. The topological polar surface area (TPSA) is 34.9 Å². The Morgan fingerprint density at radius 2 is 2.07 bits per heavy atom. The molecule has 1 fully saturated rings. The molecule has 15 heavy (non-hydrogen) atoms. The molecule has 0 radical (unpaired) electrons. The highest BCUT2D eigenvalue weighted by atomic mass is 16.1. The van der Waals surface area contributed by atoms with Crippen molar-refractivity contribution >= 4 is 5.78 Å². The van der Waals surface area contributed by atoms with Crippen molar-refractivity contribution in [1.82, 2.24) is 9.78 Å². The van der Waals surface area contributed by atoms with Crippen molar-refractivity contribution in [3.05, 3.63) is 17.5 Å². The van der Waals surface area contributed by atoms with E-state index in [0.717, 1.165) is 24.2 Å². The number of carbonyl (C=O) groups excluding carboxylic acids is 1. The molecule has 0 aromatic carbocycles. The highest BCUT2D eigenvalue weighted by molar-refractivity contribution is 5.92. The highest BCUT2D eigenvalue weighted by Crippen LogP contribution is 2.36. The Balaban J connectivity index is 2.44. The predicted molar refractivity (Wildman–Crippen MR) is 59.2 cm³/mol. The van der Waals surface area contributed by atoms with Crippen LogP contribution in [0.25, 0.3) is 0 Å². The van der Waals surface area contributed by atoms with Gasteiger partial charge in [0.15, 0.2) is 5.78 Å². The second-order valence-corrected chi connectivity index (χ2v) is 5.40. The maximum atomic E-state index is 11.5. The Labute approximate surface area is 90.5 Å². The first-order valence-electron chi connectivity index (χ1n) is 5.50. The number of hydrogen-bond acceptors (Lipinski definition) is 2. The first kappa shape index (κ1) is 10.4. The zero-order valence-corrected chi connectivity index (χ0v) is 9.87. The maximum absolute atomic E-state index is 11.5. The van der Waals surface area contributed by atoms with Crippen molar-refractivity contribution in [2.24, 2.45) is 0 Å². The van der Waals surface area contributed by atoms with Gasteiger partial charge in [-0.25, -0.2) is 0 Å². The van der Waals surface area contributed by atoms with Crippen molar-refractivity contribution in [1.29, 1.82) is 0 Å². The van der Waals surface area contributed by atoms with E-state index in [1.165, 1.54) is 0 Å². The molecule has 1 heterocycles. The van der Waals surface area contributed by atoms with Crippen LogP contribution in [0.15, 0.2) is 6.07 Å². The molecular weight excluding hydrogens is 188 g/mol.